The van der Waals surface area contributed by atoms with Gasteiger partial charge in [0.15, 0.2) is 0 Å². The van der Waals surface area contributed by atoms with Crippen molar-refractivity contribution in [2.45, 2.75) is 25.8 Å². The largest absolute Gasteiger partial charge is 0.493 e. The van der Waals surface area contributed by atoms with E-state index in [1.54, 1.807) is 4.90 Å². The Morgan fingerprint density at radius 2 is 2.35 bits per heavy atom. The lowest BCUT2D eigenvalue weighted by Crippen LogP contribution is -2.40. The average Bonchev–Trinajstić information content (AvgIpc) is 2.80. The van der Waals surface area contributed by atoms with Crippen LogP contribution in [0.1, 0.15) is 19.8 Å². The van der Waals surface area contributed by atoms with Crippen molar-refractivity contribution < 1.29 is 14.6 Å². The number of nitrogens with zero attached hydrogens (tertiary/aromatic N) is 1. The summed E-state index contributed by atoms with van der Waals surface area (Å²) < 4.78 is 6.53. The number of amides is 1. The molecule has 5 heteroatoms. The van der Waals surface area contributed by atoms with Gasteiger partial charge in [-0.05, 0) is 30.5 Å². The van der Waals surface area contributed by atoms with Gasteiger partial charge >= 0.3 is 0 Å². The third-order valence-electron chi connectivity index (χ3n) is 3.77. The maximum atomic E-state index is 12.1. The highest BCUT2D eigenvalue weighted by Gasteiger charge is 2.33. The maximum absolute atomic E-state index is 12.1. The number of aliphatic hydroxyl groups excluding tert-OH is 1. The number of rotatable bonds is 5. The zero-order valence-corrected chi connectivity index (χ0v) is 13.2. The van der Waals surface area contributed by atoms with Crippen molar-refractivity contribution in [1.82, 2.24) is 4.90 Å². The molecule has 1 aromatic carbocycles. The zero-order valence-electron chi connectivity index (χ0n) is 11.6. The van der Waals surface area contributed by atoms with Gasteiger partial charge in [-0.2, -0.15) is 0 Å². The predicted molar refractivity (Wildman–Crippen MR) is 80.6 cm³/mol. The Kier molecular flexibility index (Phi) is 5.43. The molecule has 0 aromatic heterocycles. The van der Waals surface area contributed by atoms with Gasteiger partial charge in [0.2, 0.25) is 5.91 Å². The van der Waals surface area contributed by atoms with Crippen LogP contribution in [0, 0.1) is 5.92 Å². The first-order valence-electron chi connectivity index (χ1n) is 6.90. The Bertz CT molecular complexity index is 466. The molecule has 1 amide bonds. The van der Waals surface area contributed by atoms with Crippen molar-refractivity contribution in [2.75, 3.05) is 19.8 Å². The number of carbonyl (C=O) groups excluding carboxylic acids is 1. The normalized spacial score (nSPS) is 22.1. The predicted octanol–water partition coefficient (Wildman–Crippen LogP) is 2.45. The van der Waals surface area contributed by atoms with Gasteiger partial charge in [-0.1, -0.05) is 28.9 Å². The SMILES string of the molecule is CC1CCN(C(=O)CCOc2cccc(Br)c2)C1CO. The van der Waals surface area contributed by atoms with Gasteiger partial charge in [0.05, 0.1) is 25.7 Å². The fourth-order valence-corrected chi connectivity index (χ4v) is 2.93. The molecule has 1 fully saturated rings. The third-order valence-corrected chi connectivity index (χ3v) is 4.26. The molecule has 0 saturated carbocycles. The molecule has 0 aliphatic carbocycles. The van der Waals surface area contributed by atoms with Crippen molar-refractivity contribution in [1.29, 1.82) is 0 Å². The van der Waals surface area contributed by atoms with Crippen LogP contribution in [0.4, 0.5) is 0 Å². The molecule has 1 heterocycles. The van der Waals surface area contributed by atoms with Crippen LogP contribution in [-0.4, -0.2) is 41.7 Å². The summed E-state index contributed by atoms with van der Waals surface area (Å²) in [7, 11) is 0. The summed E-state index contributed by atoms with van der Waals surface area (Å²) in [6.45, 7) is 3.21. The number of likely N-dealkylation sites (tertiary alicyclic amines) is 1. The van der Waals surface area contributed by atoms with Crippen LogP contribution in [0.15, 0.2) is 28.7 Å². The number of carbonyl (C=O) groups is 1. The number of halogens is 1. The molecule has 4 nitrogen and oxygen atoms in total. The quantitative estimate of drug-likeness (QED) is 0.894. The van der Waals surface area contributed by atoms with Crippen LogP contribution in [0.2, 0.25) is 0 Å². The van der Waals surface area contributed by atoms with E-state index in [1.165, 1.54) is 0 Å². The van der Waals surface area contributed by atoms with Crippen molar-refractivity contribution in [3.8, 4) is 5.75 Å². The van der Waals surface area contributed by atoms with Gasteiger partial charge in [0.25, 0.3) is 0 Å². The zero-order chi connectivity index (χ0) is 14.5. The Morgan fingerprint density at radius 1 is 1.55 bits per heavy atom. The summed E-state index contributed by atoms with van der Waals surface area (Å²) in [5.41, 5.74) is 0. The Hall–Kier alpha value is -1.07. The van der Waals surface area contributed by atoms with Gasteiger partial charge < -0.3 is 14.7 Å². The lowest BCUT2D eigenvalue weighted by atomic mass is 10.0. The van der Waals surface area contributed by atoms with E-state index in [-0.39, 0.29) is 18.6 Å². The summed E-state index contributed by atoms with van der Waals surface area (Å²) in [5, 5.41) is 9.36. The summed E-state index contributed by atoms with van der Waals surface area (Å²) in [5.74, 6) is 1.18. The van der Waals surface area contributed by atoms with Crippen LogP contribution in [0.5, 0.6) is 5.75 Å². The molecule has 1 aliphatic rings. The molecule has 2 unspecified atom stereocenters. The minimum Gasteiger partial charge on any atom is -0.493 e. The highest BCUT2D eigenvalue weighted by molar-refractivity contribution is 9.10. The molecule has 110 valence electrons. The molecule has 2 rings (SSSR count). The van der Waals surface area contributed by atoms with Crippen LogP contribution < -0.4 is 4.74 Å². The summed E-state index contributed by atoms with van der Waals surface area (Å²) in [4.78, 5) is 13.9. The van der Waals surface area contributed by atoms with Crippen molar-refractivity contribution >= 4 is 21.8 Å². The molecule has 1 aliphatic heterocycles. The standard InChI is InChI=1S/C15H20BrNO3/c1-11-5-7-17(14(11)10-18)15(19)6-8-20-13-4-2-3-12(16)9-13/h2-4,9,11,14,18H,5-8,10H2,1H3. The molecule has 0 radical (unpaired) electrons. The minimum absolute atomic E-state index is 0.0339. The van der Waals surface area contributed by atoms with Crippen LogP contribution in [0.3, 0.4) is 0 Å². The molecule has 1 saturated heterocycles. The molecule has 0 spiro atoms. The van der Waals surface area contributed by atoms with Gasteiger partial charge in [-0.3, -0.25) is 4.79 Å². The van der Waals surface area contributed by atoms with Crippen molar-refractivity contribution in [2.24, 2.45) is 5.92 Å². The first-order chi connectivity index (χ1) is 9.61. The highest BCUT2D eigenvalue weighted by Crippen LogP contribution is 2.24. The van der Waals surface area contributed by atoms with Crippen molar-refractivity contribution in [3.63, 3.8) is 0 Å². The van der Waals surface area contributed by atoms with E-state index >= 15 is 0 Å². The van der Waals surface area contributed by atoms with Gasteiger partial charge in [0.1, 0.15) is 5.75 Å². The van der Waals surface area contributed by atoms with Gasteiger partial charge in [-0.15, -0.1) is 0 Å². The fraction of sp³-hybridized carbons (Fsp3) is 0.533. The van der Waals surface area contributed by atoms with E-state index in [0.29, 0.717) is 18.9 Å². The first-order valence-corrected chi connectivity index (χ1v) is 7.70. The molecule has 20 heavy (non-hydrogen) atoms. The lowest BCUT2D eigenvalue weighted by Gasteiger charge is -2.25. The second kappa shape index (κ2) is 7.09. The molecule has 2 atom stereocenters. The van der Waals surface area contributed by atoms with E-state index in [4.69, 9.17) is 4.74 Å². The lowest BCUT2D eigenvalue weighted by molar-refractivity contribution is -0.133. The van der Waals surface area contributed by atoms with E-state index < -0.39 is 0 Å². The number of aliphatic hydroxyl groups is 1. The molecule has 1 aromatic rings. The smallest absolute Gasteiger partial charge is 0.226 e. The Labute approximate surface area is 127 Å². The summed E-state index contributed by atoms with van der Waals surface area (Å²) in [6, 6.07) is 7.52. The third kappa shape index (κ3) is 3.73. The average molecular weight is 342 g/mol. The molecular formula is C15H20BrNO3. The van der Waals surface area contributed by atoms with Crippen LogP contribution in [-0.2, 0) is 4.79 Å². The monoisotopic (exact) mass is 341 g/mol. The van der Waals surface area contributed by atoms with E-state index in [0.717, 1.165) is 23.2 Å². The second-order valence-corrected chi connectivity index (χ2v) is 6.07. The van der Waals surface area contributed by atoms with E-state index in [2.05, 4.69) is 22.9 Å². The number of hydrogen-bond donors (Lipinski definition) is 1. The fourth-order valence-electron chi connectivity index (χ4n) is 2.55. The van der Waals surface area contributed by atoms with Crippen molar-refractivity contribution in [3.05, 3.63) is 28.7 Å². The van der Waals surface area contributed by atoms with Gasteiger partial charge in [0, 0.05) is 11.0 Å². The highest BCUT2D eigenvalue weighted by atomic mass is 79.9. The Balaban J connectivity index is 1.81. The Morgan fingerprint density at radius 3 is 3.05 bits per heavy atom. The molecule has 1 N–H and O–H groups in total. The summed E-state index contributed by atoms with van der Waals surface area (Å²) in [6.07, 6.45) is 1.30. The van der Waals surface area contributed by atoms with Crippen LogP contribution >= 0.6 is 15.9 Å². The number of hydrogen-bond acceptors (Lipinski definition) is 3. The molecular weight excluding hydrogens is 322 g/mol. The number of ether oxygens (including phenoxy) is 1. The topological polar surface area (TPSA) is 49.8 Å². The maximum Gasteiger partial charge on any atom is 0.226 e. The summed E-state index contributed by atoms with van der Waals surface area (Å²) >= 11 is 3.38. The van der Waals surface area contributed by atoms with Gasteiger partial charge in [-0.25, -0.2) is 0 Å². The second-order valence-electron chi connectivity index (χ2n) is 5.16. The number of benzene rings is 1. The molecule has 0 bridgehead atoms. The van der Waals surface area contributed by atoms with E-state index in [9.17, 15) is 9.90 Å². The van der Waals surface area contributed by atoms with Crippen LogP contribution in [0.25, 0.3) is 0 Å². The van der Waals surface area contributed by atoms with E-state index in [1.807, 2.05) is 24.3 Å². The minimum atomic E-state index is -0.0339. The first kappa shape index (κ1) is 15.3.